The van der Waals surface area contributed by atoms with Gasteiger partial charge in [0.25, 0.3) is 0 Å². The Morgan fingerprint density at radius 3 is 2.63 bits per heavy atom. The number of hydrogen-bond acceptors (Lipinski definition) is 2. The maximum Gasteiger partial charge on any atom is 0.226 e. The standard InChI is InChI=1S/C22H22ClN3O/c1-4-16-8-10-19(11-9-16)26-14-20(17-6-5-7-18(23)12-17)21(25-26)13-22(27)24-15(2)3/h4-12,14-15H,1,13H2,2-3H3,(H,24,27). The molecule has 1 N–H and O–H groups in total. The molecule has 138 valence electrons. The molecule has 1 aromatic heterocycles. The normalized spacial score (nSPS) is 10.8. The fourth-order valence-electron chi connectivity index (χ4n) is 2.86. The van der Waals surface area contributed by atoms with E-state index in [1.54, 1.807) is 10.8 Å². The molecule has 0 aliphatic carbocycles. The predicted molar refractivity (Wildman–Crippen MR) is 111 cm³/mol. The first kappa shape index (κ1) is 18.9. The van der Waals surface area contributed by atoms with Gasteiger partial charge in [-0.3, -0.25) is 4.79 Å². The van der Waals surface area contributed by atoms with Crippen molar-refractivity contribution in [1.29, 1.82) is 0 Å². The van der Waals surface area contributed by atoms with Crippen molar-refractivity contribution in [2.75, 3.05) is 0 Å². The van der Waals surface area contributed by atoms with Crippen LogP contribution >= 0.6 is 11.6 Å². The molecular weight excluding hydrogens is 358 g/mol. The first-order valence-corrected chi connectivity index (χ1v) is 9.21. The molecule has 1 amide bonds. The molecule has 0 aliphatic rings. The maximum absolute atomic E-state index is 12.3. The van der Waals surface area contributed by atoms with Gasteiger partial charge < -0.3 is 5.32 Å². The SMILES string of the molecule is C=Cc1ccc(-n2cc(-c3cccc(Cl)c3)c(CC(=O)NC(C)C)n2)cc1. The van der Waals surface area contributed by atoms with Crippen LogP contribution in [0.5, 0.6) is 0 Å². The summed E-state index contributed by atoms with van der Waals surface area (Å²) in [6, 6.07) is 15.6. The molecule has 0 atom stereocenters. The highest BCUT2D eigenvalue weighted by Crippen LogP contribution is 2.27. The van der Waals surface area contributed by atoms with Gasteiger partial charge >= 0.3 is 0 Å². The van der Waals surface area contributed by atoms with Crippen LogP contribution in [0.2, 0.25) is 5.02 Å². The minimum Gasteiger partial charge on any atom is -0.354 e. The maximum atomic E-state index is 12.3. The summed E-state index contributed by atoms with van der Waals surface area (Å²) >= 11 is 6.16. The van der Waals surface area contributed by atoms with Crippen molar-refractivity contribution in [2.24, 2.45) is 0 Å². The molecule has 0 spiro atoms. The number of carbonyl (C=O) groups is 1. The molecule has 5 heteroatoms. The molecule has 3 rings (SSSR count). The fraction of sp³-hybridized carbons (Fsp3) is 0.182. The van der Waals surface area contributed by atoms with E-state index in [0.29, 0.717) is 10.7 Å². The van der Waals surface area contributed by atoms with Crippen molar-refractivity contribution in [3.63, 3.8) is 0 Å². The topological polar surface area (TPSA) is 46.9 Å². The van der Waals surface area contributed by atoms with Crippen LogP contribution in [0.3, 0.4) is 0 Å². The summed E-state index contributed by atoms with van der Waals surface area (Å²) in [4.78, 5) is 12.3. The minimum absolute atomic E-state index is 0.0551. The van der Waals surface area contributed by atoms with Crippen LogP contribution in [0.1, 0.15) is 25.1 Å². The number of hydrogen-bond donors (Lipinski definition) is 1. The lowest BCUT2D eigenvalue weighted by Gasteiger charge is -2.08. The second-order valence-electron chi connectivity index (χ2n) is 6.64. The third-order valence-electron chi connectivity index (χ3n) is 4.10. The number of amides is 1. The van der Waals surface area contributed by atoms with Gasteiger partial charge in [0.05, 0.1) is 17.8 Å². The van der Waals surface area contributed by atoms with Crippen molar-refractivity contribution >= 4 is 23.6 Å². The quantitative estimate of drug-likeness (QED) is 0.661. The van der Waals surface area contributed by atoms with Gasteiger partial charge in [-0.25, -0.2) is 4.68 Å². The van der Waals surface area contributed by atoms with Crippen molar-refractivity contribution in [3.05, 3.63) is 77.6 Å². The highest BCUT2D eigenvalue weighted by atomic mass is 35.5. The van der Waals surface area contributed by atoms with Gasteiger partial charge in [0, 0.05) is 22.8 Å². The van der Waals surface area contributed by atoms with Gasteiger partial charge in [0.15, 0.2) is 0 Å². The zero-order valence-corrected chi connectivity index (χ0v) is 16.2. The summed E-state index contributed by atoms with van der Waals surface area (Å²) < 4.78 is 1.79. The number of carbonyl (C=O) groups excluding carboxylic acids is 1. The zero-order chi connectivity index (χ0) is 19.4. The monoisotopic (exact) mass is 379 g/mol. The predicted octanol–water partition coefficient (Wildman–Crippen LogP) is 4.90. The van der Waals surface area contributed by atoms with E-state index >= 15 is 0 Å². The van der Waals surface area contributed by atoms with E-state index in [4.69, 9.17) is 11.6 Å². The van der Waals surface area contributed by atoms with E-state index in [-0.39, 0.29) is 18.4 Å². The van der Waals surface area contributed by atoms with Crippen molar-refractivity contribution < 1.29 is 4.79 Å². The van der Waals surface area contributed by atoms with Crippen LogP contribution in [0.4, 0.5) is 0 Å². The molecule has 0 radical (unpaired) electrons. The number of benzene rings is 2. The van der Waals surface area contributed by atoms with E-state index in [1.807, 2.05) is 68.6 Å². The molecule has 1 heterocycles. The third kappa shape index (κ3) is 4.66. The smallest absolute Gasteiger partial charge is 0.226 e. The highest BCUT2D eigenvalue weighted by molar-refractivity contribution is 6.30. The summed E-state index contributed by atoms with van der Waals surface area (Å²) in [5.41, 5.74) is 4.49. The highest BCUT2D eigenvalue weighted by Gasteiger charge is 2.16. The second-order valence-corrected chi connectivity index (χ2v) is 7.08. The number of halogens is 1. The van der Waals surface area contributed by atoms with Crippen LogP contribution < -0.4 is 5.32 Å². The Morgan fingerprint density at radius 1 is 1.26 bits per heavy atom. The summed E-state index contributed by atoms with van der Waals surface area (Å²) in [7, 11) is 0. The third-order valence-corrected chi connectivity index (χ3v) is 4.33. The van der Waals surface area contributed by atoms with Gasteiger partial charge in [0.1, 0.15) is 0 Å². The van der Waals surface area contributed by atoms with E-state index in [1.165, 1.54) is 0 Å². The summed E-state index contributed by atoms with van der Waals surface area (Å²) in [5, 5.41) is 8.24. The molecule has 0 unspecified atom stereocenters. The molecule has 0 fully saturated rings. The first-order valence-electron chi connectivity index (χ1n) is 8.83. The van der Waals surface area contributed by atoms with Crippen LogP contribution in [-0.4, -0.2) is 21.7 Å². The van der Waals surface area contributed by atoms with Crippen molar-refractivity contribution in [2.45, 2.75) is 26.3 Å². The first-order chi connectivity index (χ1) is 13.0. The average molecular weight is 380 g/mol. The lowest BCUT2D eigenvalue weighted by atomic mass is 10.0. The molecule has 0 saturated heterocycles. The molecular formula is C22H22ClN3O. The molecule has 0 saturated carbocycles. The van der Waals surface area contributed by atoms with Gasteiger partial charge in [-0.15, -0.1) is 0 Å². The minimum atomic E-state index is -0.0551. The van der Waals surface area contributed by atoms with Crippen LogP contribution in [0, 0.1) is 0 Å². The Kier molecular flexibility index (Phi) is 5.77. The van der Waals surface area contributed by atoms with Gasteiger partial charge in [-0.2, -0.15) is 5.10 Å². The lowest BCUT2D eigenvalue weighted by molar-refractivity contribution is -0.120. The lowest BCUT2D eigenvalue weighted by Crippen LogP contribution is -2.31. The molecule has 3 aromatic rings. The number of rotatable bonds is 6. The zero-order valence-electron chi connectivity index (χ0n) is 15.4. The summed E-state index contributed by atoms with van der Waals surface area (Å²) in [5.74, 6) is -0.0551. The van der Waals surface area contributed by atoms with E-state index < -0.39 is 0 Å². The molecule has 0 bridgehead atoms. The molecule has 2 aromatic carbocycles. The van der Waals surface area contributed by atoms with Gasteiger partial charge in [-0.05, 0) is 49.2 Å². The van der Waals surface area contributed by atoms with Crippen LogP contribution in [0.15, 0.2) is 61.3 Å². The Balaban J connectivity index is 2.02. The van der Waals surface area contributed by atoms with E-state index in [2.05, 4.69) is 17.0 Å². The summed E-state index contributed by atoms with van der Waals surface area (Å²) in [6.07, 6.45) is 3.94. The Labute approximate surface area is 164 Å². The Bertz CT molecular complexity index is 958. The van der Waals surface area contributed by atoms with Crippen molar-refractivity contribution in [3.8, 4) is 16.8 Å². The second kappa shape index (κ2) is 8.23. The number of nitrogens with zero attached hydrogens (tertiary/aromatic N) is 2. The Morgan fingerprint density at radius 2 is 2.00 bits per heavy atom. The van der Waals surface area contributed by atoms with Gasteiger partial charge in [-0.1, -0.05) is 48.5 Å². The number of nitrogens with one attached hydrogen (secondary N) is 1. The molecule has 0 aliphatic heterocycles. The van der Waals surface area contributed by atoms with E-state index in [9.17, 15) is 4.79 Å². The van der Waals surface area contributed by atoms with E-state index in [0.717, 1.165) is 22.4 Å². The van der Waals surface area contributed by atoms with Crippen LogP contribution in [-0.2, 0) is 11.2 Å². The average Bonchev–Trinajstić information content (AvgIpc) is 3.04. The largest absolute Gasteiger partial charge is 0.354 e. The van der Waals surface area contributed by atoms with Crippen LogP contribution in [0.25, 0.3) is 22.9 Å². The van der Waals surface area contributed by atoms with Gasteiger partial charge in [0.2, 0.25) is 5.91 Å². The molecule has 4 nitrogen and oxygen atoms in total. The molecule has 27 heavy (non-hydrogen) atoms. The van der Waals surface area contributed by atoms with Crippen molar-refractivity contribution in [1.82, 2.24) is 15.1 Å². The number of aromatic nitrogens is 2. The summed E-state index contributed by atoms with van der Waals surface area (Å²) in [6.45, 7) is 7.66. The fourth-order valence-corrected chi connectivity index (χ4v) is 3.05. The Hall–Kier alpha value is -2.85.